The number of aliphatic hydroxyl groups is 1. The Hall–Kier alpha value is -2.44. The number of β-amino-alcohol motifs (C(OH)–C–C–N with tert-alkyl or cyclic N) is 1. The van der Waals surface area contributed by atoms with E-state index >= 15 is 0 Å². The molecule has 0 spiro atoms. The largest absolute Gasteiger partial charge is 0.390 e. The zero-order chi connectivity index (χ0) is 22.1. The van der Waals surface area contributed by atoms with Gasteiger partial charge < -0.3 is 10.0 Å². The predicted molar refractivity (Wildman–Crippen MR) is 128 cm³/mol. The van der Waals surface area contributed by atoms with Gasteiger partial charge in [0.2, 0.25) is 0 Å². The Morgan fingerprint density at radius 3 is 2.38 bits per heavy atom. The zero-order valence-electron chi connectivity index (χ0n) is 18.0. The van der Waals surface area contributed by atoms with Crippen LogP contribution in [0.2, 0.25) is 5.02 Å². The molecule has 1 amide bonds. The van der Waals surface area contributed by atoms with E-state index in [-0.39, 0.29) is 11.9 Å². The minimum atomic E-state index is -0.515. The number of nitrogens with zero attached hydrogens (tertiary/aromatic N) is 3. The molecule has 2 heterocycles. The number of benzene rings is 3. The first kappa shape index (κ1) is 21.4. The van der Waals surface area contributed by atoms with E-state index in [0.717, 1.165) is 32.7 Å². The molecule has 32 heavy (non-hydrogen) atoms. The van der Waals surface area contributed by atoms with E-state index in [0.29, 0.717) is 23.7 Å². The predicted octanol–water partition coefficient (Wildman–Crippen LogP) is 3.50. The molecule has 166 valence electrons. The molecule has 3 aromatic carbocycles. The van der Waals surface area contributed by atoms with Crippen molar-refractivity contribution in [1.29, 1.82) is 0 Å². The van der Waals surface area contributed by atoms with Gasteiger partial charge in [-0.05, 0) is 46.7 Å². The Labute approximate surface area is 193 Å². The van der Waals surface area contributed by atoms with E-state index < -0.39 is 6.10 Å². The normalized spacial score (nSPS) is 22.5. The number of amides is 1. The van der Waals surface area contributed by atoms with Crippen LogP contribution in [-0.2, 0) is 6.54 Å². The van der Waals surface area contributed by atoms with Crippen LogP contribution in [-0.4, -0.2) is 77.1 Å². The quantitative estimate of drug-likeness (QED) is 0.662. The van der Waals surface area contributed by atoms with Crippen molar-refractivity contribution in [2.24, 2.45) is 0 Å². The van der Waals surface area contributed by atoms with Crippen LogP contribution in [0.1, 0.15) is 15.9 Å². The average Bonchev–Trinajstić information content (AvgIpc) is 3.21. The van der Waals surface area contributed by atoms with Crippen molar-refractivity contribution in [1.82, 2.24) is 14.7 Å². The number of likely N-dealkylation sites (tertiary alicyclic amines) is 1. The summed E-state index contributed by atoms with van der Waals surface area (Å²) in [4.78, 5) is 19.4. The van der Waals surface area contributed by atoms with Gasteiger partial charge in [-0.2, -0.15) is 0 Å². The van der Waals surface area contributed by atoms with Crippen molar-refractivity contribution in [3.63, 3.8) is 0 Å². The summed E-state index contributed by atoms with van der Waals surface area (Å²) in [5.74, 6) is -0.0434. The molecule has 0 aliphatic carbocycles. The first-order chi connectivity index (χ1) is 15.6. The molecule has 3 aromatic rings. The van der Waals surface area contributed by atoms with E-state index in [2.05, 4.69) is 52.3 Å². The van der Waals surface area contributed by atoms with E-state index in [1.807, 2.05) is 0 Å². The Morgan fingerprint density at radius 1 is 0.906 bits per heavy atom. The van der Waals surface area contributed by atoms with Gasteiger partial charge in [-0.25, -0.2) is 0 Å². The number of hydrogen-bond acceptors (Lipinski definition) is 4. The molecule has 5 rings (SSSR count). The van der Waals surface area contributed by atoms with Crippen LogP contribution in [0.15, 0.2) is 66.7 Å². The summed E-state index contributed by atoms with van der Waals surface area (Å²) >= 11 is 5.94. The van der Waals surface area contributed by atoms with E-state index in [4.69, 9.17) is 11.6 Å². The fraction of sp³-hybridized carbons (Fsp3) is 0.346. The first-order valence-corrected chi connectivity index (χ1v) is 11.6. The Bertz CT molecular complexity index is 1100. The number of carbonyl (C=O) groups excluding carboxylic acids is 1. The van der Waals surface area contributed by atoms with Gasteiger partial charge in [-0.1, -0.05) is 48.0 Å². The van der Waals surface area contributed by atoms with Crippen molar-refractivity contribution in [2.75, 3.05) is 39.3 Å². The van der Waals surface area contributed by atoms with Crippen LogP contribution < -0.4 is 0 Å². The number of hydrogen-bond donors (Lipinski definition) is 1. The minimum Gasteiger partial charge on any atom is -0.390 e. The molecule has 1 N–H and O–H groups in total. The summed E-state index contributed by atoms with van der Waals surface area (Å²) in [6.45, 7) is 5.60. The summed E-state index contributed by atoms with van der Waals surface area (Å²) < 4.78 is 0. The number of halogens is 1. The molecule has 0 radical (unpaired) electrons. The molecule has 2 atom stereocenters. The van der Waals surface area contributed by atoms with Crippen LogP contribution in [0.4, 0.5) is 0 Å². The van der Waals surface area contributed by atoms with Gasteiger partial charge in [0.25, 0.3) is 5.91 Å². The number of piperazine rings is 1. The van der Waals surface area contributed by atoms with E-state index in [1.54, 1.807) is 29.2 Å². The molecule has 2 aliphatic rings. The molecule has 0 saturated carbocycles. The molecule has 0 aromatic heterocycles. The van der Waals surface area contributed by atoms with Crippen LogP contribution in [0.3, 0.4) is 0 Å². The van der Waals surface area contributed by atoms with E-state index in [9.17, 15) is 9.90 Å². The van der Waals surface area contributed by atoms with Crippen molar-refractivity contribution in [3.05, 3.63) is 82.9 Å². The van der Waals surface area contributed by atoms with Crippen LogP contribution in [0.25, 0.3) is 10.8 Å². The van der Waals surface area contributed by atoms with Gasteiger partial charge in [0, 0.05) is 56.4 Å². The molecule has 5 nitrogen and oxygen atoms in total. The van der Waals surface area contributed by atoms with Gasteiger partial charge in [-0.3, -0.25) is 14.6 Å². The lowest BCUT2D eigenvalue weighted by Crippen LogP contribution is -2.53. The van der Waals surface area contributed by atoms with Crippen molar-refractivity contribution in [2.45, 2.75) is 18.7 Å². The number of fused-ring (bicyclic) bond motifs is 1. The molecule has 1 unspecified atom stereocenters. The van der Waals surface area contributed by atoms with Crippen LogP contribution in [0, 0.1) is 0 Å². The zero-order valence-corrected chi connectivity index (χ0v) is 18.8. The van der Waals surface area contributed by atoms with Gasteiger partial charge in [0.05, 0.1) is 12.1 Å². The number of carbonyl (C=O) groups is 1. The Kier molecular flexibility index (Phi) is 6.15. The SMILES string of the molecule is O=C(c1ccc(Cl)cc1)N1CC(O)[C@@H](N2CCN(Cc3ccc4ccccc4c3)CC2)C1. The number of aliphatic hydroxyl groups excluding tert-OH is 1. The Morgan fingerprint density at radius 2 is 1.62 bits per heavy atom. The lowest BCUT2D eigenvalue weighted by Gasteiger charge is -2.38. The summed E-state index contributed by atoms with van der Waals surface area (Å²) in [7, 11) is 0. The smallest absolute Gasteiger partial charge is 0.253 e. The maximum absolute atomic E-state index is 12.8. The monoisotopic (exact) mass is 449 g/mol. The highest BCUT2D eigenvalue weighted by molar-refractivity contribution is 6.30. The van der Waals surface area contributed by atoms with Crippen molar-refractivity contribution >= 4 is 28.3 Å². The van der Waals surface area contributed by atoms with Gasteiger partial charge >= 0.3 is 0 Å². The summed E-state index contributed by atoms with van der Waals surface area (Å²) in [5.41, 5.74) is 1.94. The third-order valence-electron chi connectivity index (χ3n) is 6.73. The summed E-state index contributed by atoms with van der Waals surface area (Å²) in [6, 6.07) is 22.1. The average molecular weight is 450 g/mol. The number of rotatable bonds is 4. The first-order valence-electron chi connectivity index (χ1n) is 11.2. The van der Waals surface area contributed by atoms with Gasteiger partial charge in [0.1, 0.15) is 0 Å². The fourth-order valence-corrected chi connectivity index (χ4v) is 5.04. The summed E-state index contributed by atoms with van der Waals surface area (Å²) in [6.07, 6.45) is -0.515. The van der Waals surface area contributed by atoms with Crippen LogP contribution in [0.5, 0.6) is 0 Å². The molecular formula is C26H28ClN3O2. The second-order valence-electron chi connectivity index (χ2n) is 8.85. The minimum absolute atomic E-state index is 0.00549. The third-order valence-corrected chi connectivity index (χ3v) is 6.99. The summed E-state index contributed by atoms with van der Waals surface area (Å²) in [5, 5.41) is 13.8. The molecule has 2 fully saturated rings. The molecule has 2 aliphatic heterocycles. The second-order valence-corrected chi connectivity index (χ2v) is 9.28. The van der Waals surface area contributed by atoms with Crippen molar-refractivity contribution < 1.29 is 9.90 Å². The third kappa shape index (κ3) is 4.52. The Balaban J connectivity index is 1.16. The molecule has 0 bridgehead atoms. The molecule has 2 saturated heterocycles. The van der Waals surface area contributed by atoms with Crippen LogP contribution >= 0.6 is 11.6 Å². The molecule has 6 heteroatoms. The maximum atomic E-state index is 12.8. The highest BCUT2D eigenvalue weighted by Gasteiger charge is 2.38. The van der Waals surface area contributed by atoms with Crippen molar-refractivity contribution in [3.8, 4) is 0 Å². The van der Waals surface area contributed by atoms with Gasteiger partial charge in [0.15, 0.2) is 0 Å². The highest BCUT2D eigenvalue weighted by Crippen LogP contribution is 2.22. The second kappa shape index (κ2) is 9.20. The maximum Gasteiger partial charge on any atom is 0.253 e. The topological polar surface area (TPSA) is 47.0 Å². The van der Waals surface area contributed by atoms with Gasteiger partial charge in [-0.15, -0.1) is 0 Å². The highest BCUT2D eigenvalue weighted by atomic mass is 35.5. The lowest BCUT2D eigenvalue weighted by atomic mass is 10.1. The fourth-order valence-electron chi connectivity index (χ4n) is 4.92. The lowest BCUT2D eigenvalue weighted by molar-refractivity contribution is 0.0423. The molecular weight excluding hydrogens is 422 g/mol. The standard InChI is InChI=1S/C26H28ClN3O2/c27-23-9-7-21(8-10-23)26(32)30-17-24(25(31)18-30)29-13-11-28(12-14-29)16-19-5-6-20-3-1-2-4-22(20)15-19/h1-10,15,24-25,31H,11-14,16-18H2/t24-,25?/m0/s1. The van der Waals surface area contributed by atoms with E-state index in [1.165, 1.54) is 16.3 Å².